The second-order valence-electron chi connectivity index (χ2n) is 7.39. The van der Waals surface area contributed by atoms with Crippen molar-refractivity contribution in [2.75, 3.05) is 31.1 Å². The average molecular weight is 441 g/mol. The van der Waals surface area contributed by atoms with Crippen LogP contribution in [0.5, 0.6) is 0 Å². The lowest BCUT2D eigenvalue weighted by atomic mass is 9.97. The number of nitrogens with zero attached hydrogens (tertiary/aromatic N) is 2. The number of hydrogen-bond donors (Lipinski definition) is 2. The van der Waals surface area contributed by atoms with Gasteiger partial charge >= 0.3 is 5.97 Å². The number of aromatic nitrogens is 2. The summed E-state index contributed by atoms with van der Waals surface area (Å²) in [4.78, 5) is 46.3. The van der Waals surface area contributed by atoms with E-state index in [2.05, 4.69) is 10.3 Å². The molecule has 31 heavy (non-hydrogen) atoms. The maximum atomic E-state index is 12.7. The van der Waals surface area contributed by atoms with Crippen molar-refractivity contribution in [1.29, 1.82) is 0 Å². The molecular formula is C22H24N4O4S. The van der Waals surface area contributed by atoms with Gasteiger partial charge in [-0.3, -0.25) is 19.4 Å². The quantitative estimate of drug-likeness (QED) is 0.571. The second kappa shape index (κ2) is 9.30. The lowest BCUT2D eigenvalue weighted by molar-refractivity contribution is -0.143. The summed E-state index contributed by atoms with van der Waals surface area (Å²) in [5.74, 6) is -0.469. The Hall–Kier alpha value is -3.20. The number of rotatable bonds is 6. The number of H-pyrrole nitrogens is 1. The average Bonchev–Trinajstić information content (AvgIpc) is 3.23. The summed E-state index contributed by atoms with van der Waals surface area (Å²) in [6.07, 6.45) is 1.50. The van der Waals surface area contributed by atoms with Crippen molar-refractivity contribution in [2.45, 2.75) is 19.8 Å². The van der Waals surface area contributed by atoms with Crippen LogP contribution in [0.2, 0.25) is 0 Å². The highest BCUT2D eigenvalue weighted by Gasteiger charge is 2.28. The number of aromatic amines is 1. The van der Waals surface area contributed by atoms with Gasteiger partial charge in [0.15, 0.2) is 0 Å². The minimum absolute atomic E-state index is 0.139. The molecule has 0 radical (unpaired) electrons. The first kappa shape index (κ1) is 21.0. The predicted molar refractivity (Wildman–Crippen MR) is 120 cm³/mol. The van der Waals surface area contributed by atoms with E-state index in [1.165, 1.54) is 11.3 Å². The van der Waals surface area contributed by atoms with E-state index in [-0.39, 0.29) is 30.5 Å². The number of amides is 1. The largest absolute Gasteiger partial charge is 0.465 e. The van der Waals surface area contributed by atoms with Crippen LogP contribution in [0.1, 0.15) is 19.8 Å². The van der Waals surface area contributed by atoms with Crippen LogP contribution in [-0.4, -0.2) is 48.1 Å². The smallest absolute Gasteiger partial charge is 0.325 e. The number of hydrogen-bond acceptors (Lipinski definition) is 7. The van der Waals surface area contributed by atoms with Gasteiger partial charge in [0.2, 0.25) is 11.9 Å². The number of ether oxygens (including phenoxy) is 1. The van der Waals surface area contributed by atoms with E-state index in [1.54, 1.807) is 6.92 Å². The van der Waals surface area contributed by atoms with E-state index < -0.39 is 5.97 Å². The molecule has 1 amide bonds. The Morgan fingerprint density at radius 2 is 2.13 bits per heavy atom. The molecule has 1 aliphatic rings. The topological polar surface area (TPSA) is 104 Å². The van der Waals surface area contributed by atoms with Crippen molar-refractivity contribution in [1.82, 2.24) is 15.3 Å². The number of piperidine rings is 1. The highest BCUT2D eigenvalue weighted by Crippen LogP contribution is 2.32. The summed E-state index contributed by atoms with van der Waals surface area (Å²) in [5.41, 5.74) is 2.42. The maximum Gasteiger partial charge on any atom is 0.325 e. The molecule has 1 saturated heterocycles. The fraction of sp³-hybridized carbons (Fsp3) is 0.364. The van der Waals surface area contributed by atoms with E-state index in [0.29, 0.717) is 35.7 Å². The summed E-state index contributed by atoms with van der Waals surface area (Å²) < 4.78 is 5.44. The van der Waals surface area contributed by atoms with Gasteiger partial charge in [-0.2, -0.15) is 0 Å². The van der Waals surface area contributed by atoms with Gasteiger partial charge in [0.05, 0.1) is 18.0 Å². The summed E-state index contributed by atoms with van der Waals surface area (Å²) >= 11 is 1.38. The first-order chi connectivity index (χ1) is 15.1. The summed E-state index contributed by atoms with van der Waals surface area (Å²) in [5, 5.41) is 4.60. The van der Waals surface area contributed by atoms with Crippen LogP contribution in [0.15, 0.2) is 40.5 Å². The van der Waals surface area contributed by atoms with Crippen LogP contribution in [0.25, 0.3) is 21.3 Å². The van der Waals surface area contributed by atoms with Crippen LogP contribution in [0, 0.1) is 5.92 Å². The Labute approximate surface area is 183 Å². The van der Waals surface area contributed by atoms with Crippen LogP contribution >= 0.6 is 11.3 Å². The Balaban J connectivity index is 1.55. The molecule has 1 aliphatic heterocycles. The molecule has 2 N–H and O–H groups in total. The molecule has 3 heterocycles. The number of carbonyl (C=O) groups is 2. The maximum absolute atomic E-state index is 12.7. The van der Waals surface area contributed by atoms with Crippen molar-refractivity contribution in [3.05, 3.63) is 46.1 Å². The number of esters is 1. The Morgan fingerprint density at radius 1 is 1.32 bits per heavy atom. The van der Waals surface area contributed by atoms with E-state index in [1.807, 2.05) is 40.6 Å². The molecular weight excluding hydrogens is 416 g/mol. The summed E-state index contributed by atoms with van der Waals surface area (Å²) in [6, 6.07) is 9.85. The molecule has 4 rings (SSSR count). The molecule has 1 atom stereocenters. The van der Waals surface area contributed by atoms with Crippen LogP contribution in [0.4, 0.5) is 5.95 Å². The third-order valence-corrected chi connectivity index (χ3v) is 6.27. The number of thiophene rings is 1. The zero-order chi connectivity index (χ0) is 21.8. The van der Waals surface area contributed by atoms with Crippen molar-refractivity contribution >= 4 is 39.4 Å². The van der Waals surface area contributed by atoms with Crippen molar-refractivity contribution < 1.29 is 14.3 Å². The molecule has 1 fully saturated rings. The number of benzene rings is 1. The third-order valence-electron chi connectivity index (χ3n) is 5.30. The molecule has 0 saturated carbocycles. The zero-order valence-electron chi connectivity index (χ0n) is 17.2. The molecule has 0 spiro atoms. The van der Waals surface area contributed by atoms with Gasteiger partial charge in [0.25, 0.3) is 5.56 Å². The molecule has 0 bridgehead atoms. The first-order valence-electron chi connectivity index (χ1n) is 10.3. The molecule has 9 heteroatoms. The SMILES string of the molecule is CCOC(=O)CNC(=O)[C@H]1CCCN(c2nc3c(-c4ccccc4)csc3c(=O)[nH]2)C1. The first-order valence-corrected chi connectivity index (χ1v) is 11.2. The van der Waals surface area contributed by atoms with E-state index >= 15 is 0 Å². The molecule has 162 valence electrons. The van der Waals surface area contributed by atoms with E-state index in [9.17, 15) is 14.4 Å². The van der Waals surface area contributed by atoms with Gasteiger partial charge in [-0.05, 0) is 25.3 Å². The van der Waals surface area contributed by atoms with Crippen LogP contribution in [-0.2, 0) is 14.3 Å². The second-order valence-corrected chi connectivity index (χ2v) is 8.27. The van der Waals surface area contributed by atoms with Crippen LogP contribution in [0.3, 0.4) is 0 Å². The molecule has 1 aromatic carbocycles. The number of anilines is 1. The van der Waals surface area contributed by atoms with E-state index in [4.69, 9.17) is 9.72 Å². The van der Waals surface area contributed by atoms with E-state index in [0.717, 1.165) is 17.5 Å². The lowest BCUT2D eigenvalue weighted by Gasteiger charge is -2.32. The van der Waals surface area contributed by atoms with Crippen molar-refractivity contribution in [3.8, 4) is 11.1 Å². The lowest BCUT2D eigenvalue weighted by Crippen LogP contribution is -2.45. The van der Waals surface area contributed by atoms with Gasteiger partial charge in [-0.1, -0.05) is 30.3 Å². The standard InChI is InChI=1S/C22H24N4O4S/c1-2-30-17(27)11-23-20(28)15-9-6-10-26(12-15)22-24-18-16(14-7-4-3-5-8-14)13-31-19(18)21(29)25-22/h3-5,7-8,13,15H,2,6,9-12H2,1H3,(H,23,28)(H,24,25,29)/t15-/m0/s1. The van der Waals surface area contributed by atoms with Gasteiger partial charge in [-0.15, -0.1) is 11.3 Å². The highest BCUT2D eigenvalue weighted by atomic mass is 32.1. The van der Waals surface area contributed by atoms with Gasteiger partial charge in [-0.25, -0.2) is 4.98 Å². The van der Waals surface area contributed by atoms with Gasteiger partial charge < -0.3 is 15.0 Å². The minimum atomic E-state index is -0.453. The third kappa shape index (κ3) is 4.61. The van der Waals surface area contributed by atoms with Crippen LogP contribution < -0.4 is 15.8 Å². The summed E-state index contributed by atoms with van der Waals surface area (Å²) in [6.45, 7) is 2.98. The fourth-order valence-electron chi connectivity index (χ4n) is 3.79. The molecule has 3 aromatic rings. The number of carbonyl (C=O) groups excluding carboxylic acids is 2. The molecule has 0 aliphatic carbocycles. The molecule has 2 aromatic heterocycles. The Morgan fingerprint density at radius 3 is 2.90 bits per heavy atom. The summed E-state index contributed by atoms with van der Waals surface area (Å²) in [7, 11) is 0. The molecule has 0 unspecified atom stereocenters. The Bertz CT molecular complexity index is 1140. The number of fused-ring (bicyclic) bond motifs is 1. The molecule has 8 nitrogen and oxygen atoms in total. The van der Waals surface area contributed by atoms with Crippen molar-refractivity contribution in [2.24, 2.45) is 5.92 Å². The Kier molecular flexibility index (Phi) is 6.31. The van der Waals surface area contributed by atoms with Gasteiger partial charge in [0, 0.05) is 24.0 Å². The monoisotopic (exact) mass is 440 g/mol. The minimum Gasteiger partial charge on any atom is -0.465 e. The fourth-order valence-corrected chi connectivity index (χ4v) is 4.70. The number of nitrogens with one attached hydrogen (secondary N) is 2. The van der Waals surface area contributed by atoms with Gasteiger partial charge in [0.1, 0.15) is 11.2 Å². The predicted octanol–water partition coefficient (Wildman–Crippen LogP) is 2.55. The van der Waals surface area contributed by atoms with Crippen molar-refractivity contribution in [3.63, 3.8) is 0 Å². The normalized spacial score (nSPS) is 16.3. The highest BCUT2D eigenvalue weighted by molar-refractivity contribution is 7.17. The zero-order valence-corrected chi connectivity index (χ0v) is 18.0.